The van der Waals surface area contributed by atoms with Gasteiger partial charge in [0.2, 0.25) is 10.0 Å². The molecule has 10 heteroatoms. The average Bonchev–Trinajstić information content (AvgIpc) is 3.35. The Morgan fingerprint density at radius 3 is 2.62 bits per heavy atom. The maximum Gasteiger partial charge on any atom is 0.273 e. The Morgan fingerprint density at radius 1 is 1.13 bits per heavy atom. The highest BCUT2D eigenvalue weighted by Crippen LogP contribution is 2.43. The molecule has 0 aliphatic heterocycles. The van der Waals surface area contributed by atoms with Crippen LogP contribution in [0.1, 0.15) is 25.0 Å². The Kier molecular flexibility index (Phi) is 6.78. The van der Waals surface area contributed by atoms with Crippen molar-refractivity contribution < 1.29 is 13.2 Å². The van der Waals surface area contributed by atoms with Gasteiger partial charge in [-0.3, -0.25) is 9.59 Å². The maximum atomic E-state index is 14.1. The van der Waals surface area contributed by atoms with E-state index in [-0.39, 0.29) is 11.1 Å². The Bertz CT molecular complexity index is 1900. The van der Waals surface area contributed by atoms with Crippen LogP contribution in [0.15, 0.2) is 88.4 Å². The minimum atomic E-state index is -4.19. The Hall–Kier alpha value is -3.66. The lowest BCUT2D eigenvalue weighted by Gasteiger charge is -2.37. The van der Waals surface area contributed by atoms with Crippen LogP contribution in [0.4, 0.5) is 0 Å². The number of aromatic nitrogens is 3. The van der Waals surface area contributed by atoms with E-state index < -0.39 is 25.7 Å². The van der Waals surface area contributed by atoms with Crippen LogP contribution in [0.25, 0.3) is 27.6 Å². The first-order chi connectivity index (χ1) is 18.5. The number of rotatable bonds is 6. The number of aromatic amines is 1. The topological polar surface area (TPSA) is 103 Å². The Morgan fingerprint density at radius 2 is 1.90 bits per heavy atom. The van der Waals surface area contributed by atoms with Crippen molar-refractivity contribution in [3.8, 4) is 11.1 Å². The molecule has 1 N–H and O–H groups in total. The first kappa shape index (κ1) is 26.9. The van der Waals surface area contributed by atoms with Gasteiger partial charge in [0.1, 0.15) is 10.3 Å². The molecule has 39 heavy (non-hydrogen) atoms. The summed E-state index contributed by atoms with van der Waals surface area (Å²) in [5, 5.41) is -0.495. The van der Waals surface area contributed by atoms with Gasteiger partial charge in [-0.1, -0.05) is 30.4 Å². The number of benzene rings is 1. The Labute approximate surface area is 230 Å². The number of aryl methyl sites for hydroxylation is 1. The monoisotopic (exact) mass is 565 g/mol. The summed E-state index contributed by atoms with van der Waals surface area (Å²) in [6.45, 7) is 3.70. The fourth-order valence-corrected chi connectivity index (χ4v) is 7.56. The second-order valence-corrected chi connectivity index (χ2v) is 12.5. The molecule has 8 nitrogen and oxygen atoms in total. The van der Waals surface area contributed by atoms with Crippen LogP contribution in [-0.2, 0) is 28.4 Å². The van der Waals surface area contributed by atoms with Crippen molar-refractivity contribution in [3.05, 3.63) is 111 Å². The van der Waals surface area contributed by atoms with Gasteiger partial charge in [-0.2, -0.15) is 0 Å². The predicted octanol–water partition coefficient (Wildman–Crippen LogP) is 4.43. The molecule has 5 rings (SSSR count). The highest BCUT2D eigenvalue weighted by Gasteiger charge is 2.49. The van der Waals surface area contributed by atoms with Crippen molar-refractivity contribution in [3.63, 3.8) is 0 Å². The summed E-state index contributed by atoms with van der Waals surface area (Å²) in [7, 11) is -0.878. The summed E-state index contributed by atoms with van der Waals surface area (Å²) in [6.07, 6.45) is 8.03. The third-order valence-corrected chi connectivity index (χ3v) is 10.6. The molecule has 0 saturated heterocycles. The van der Waals surface area contributed by atoms with Gasteiger partial charge < -0.3 is 14.3 Å². The molecular weight excluding hydrogens is 538 g/mol. The van der Waals surface area contributed by atoms with E-state index >= 15 is 0 Å². The van der Waals surface area contributed by atoms with Gasteiger partial charge in [-0.15, -0.1) is 11.6 Å². The van der Waals surface area contributed by atoms with Crippen molar-refractivity contribution in [2.75, 3.05) is 7.11 Å². The minimum absolute atomic E-state index is 0.0370. The fraction of sp³-hybridized carbons (Fsp3) is 0.241. The van der Waals surface area contributed by atoms with Crippen molar-refractivity contribution in [1.29, 1.82) is 0 Å². The lowest BCUT2D eigenvalue weighted by molar-refractivity contribution is 0.185. The molecule has 1 aromatic carbocycles. The molecule has 3 aromatic heterocycles. The first-order valence-electron chi connectivity index (χ1n) is 12.3. The third kappa shape index (κ3) is 4.30. The fourth-order valence-electron chi connectivity index (χ4n) is 5.04. The summed E-state index contributed by atoms with van der Waals surface area (Å²) < 4.78 is 34.4. The molecule has 0 bridgehead atoms. The normalized spacial score (nSPS) is 19.7. The zero-order valence-corrected chi connectivity index (χ0v) is 23.5. The number of H-pyrrole nitrogens is 1. The number of hydrogen-bond acceptors (Lipinski definition) is 5. The van der Waals surface area contributed by atoms with E-state index in [1.807, 2.05) is 24.3 Å². The van der Waals surface area contributed by atoms with Crippen molar-refractivity contribution >= 4 is 38.1 Å². The number of nitrogens with one attached hydrogen (secondary N) is 1. The van der Waals surface area contributed by atoms with Gasteiger partial charge in [0.05, 0.1) is 12.0 Å². The lowest BCUT2D eigenvalue weighted by atomic mass is 9.85. The maximum absolute atomic E-state index is 14.1. The van der Waals surface area contributed by atoms with Crippen molar-refractivity contribution in [1.82, 2.24) is 13.5 Å². The van der Waals surface area contributed by atoms with Crippen LogP contribution < -0.4 is 11.1 Å². The van der Waals surface area contributed by atoms with Crippen LogP contribution in [0.5, 0.6) is 0 Å². The second-order valence-electron chi connectivity index (χ2n) is 9.87. The number of halogens is 1. The number of hydrogen-bond donors (Lipinski definition) is 1. The van der Waals surface area contributed by atoms with Crippen molar-refractivity contribution in [2.45, 2.75) is 30.6 Å². The van der Waals surface area contributed by atoms with Crippen LogP contribution in [0.3, 0.4) is 0 Å². The molecule has 0 saturated carbocycles. The van der Waals surface area contributed by atoms with Crippen LogP contribution in [0, 0.1) is 0 Å². The molecule has 1 aliphatic carbocycles. The van der Waals surface area contributed by atoms with Crippen molar-refractivity contribution in [2.24, 2.45) is 7.05 Å². The van der Waals surface area contributed by atoms with E-state index in [2.05, 4.69) is 4.98 Å². The molecule has 2 unspecified atom stereocenters. The van der Waals surface area contributed by atoms with Gasteiger partial charge in [-0.05, 0) is 59.9 Å². The quantitative estimate of drug-likeness (QED) is 0.348. The van der Waals surface area contributed by atoms with Gasteiger partial charge in [-0.25, -0.2) is 12.4 Å². The van der Waals surface area contributed by atoms with Gasteiger partial charge in [0.25, 0.3) is 11.1 Å². The molecule has 1 aliphatic rings. The molecule has 3 heterocycles. The standard InChI is InChI=1S/C29H28ClN3O5S/c1-18-12-22(23-15-26(34)32(3)16-24(23)21-7-5-6-19(13-21)17-38-4)14-25(30)29(18,2)39(36,37)33-11-9-20-8-10-31-28(35)27(20)33/h5-16,25H,17H2,1-4H3,(H,31,35). The number of nitrogens with zero attached hydrogens (tertiary/aromatic N) is 2. The SMILES string of the molecule is COCc1cccc(-c2cn(C)c(=O)cc2C2=CC(Cl)C(C)(S(=O)(=O)n3ccc4cc[nH]c(=O)c43)C(C)=C2)c1. The van der Waals surface area contributed by atoms with E-state index in [0.717, 1.165) is 20.7 Å². The van der Waals surface area contributed by atoms with E-state index in [9.17, 15) is 18.0 Å². The molecule has 0 radical (unpaired) electrons. The van der Waals surface area contributed by atoms with E-state index in [1.54, 1.807) is 58.5 Å². The first-order valence-corrected chi connectivity index (χ1v) is 14.1. The summed E-state index contributed by atoms with van der Waals surface area (Å²) in [5.74, 6) is 0. The number of allylic oxidation sites excluding steroid dienone is 3. The summed E-state index contributed by atoms with van der Waals surface area (Å²) >= 11 is 6.90. The number of alkyl halides is 1. The zero-order valence-electron chi connectivity index (χ0n) is 21.9. The summed E-state index contributed by atoms with van der Waals surface area (Å²) in [5.41, 5.74) is 3.73. The second kappa shape index (κ2) is 9.82. The minimum Gasteiger partial charge on any atom is -0.380 e. The highest BCUT2D eigenvalue weighted by molar-refractivity contribution is 7.91. The molecule has 0 spiro atoms. The Balaban J connectivity index is 1.65. The van der Waals surface area contributed by atoms with Gasteiger partial charge >= 0.3 is 0 Å². The van der Waals surface area contributed by atoms with Gasteiger partial charge in [0, 0.05) is 49.8 Å². The summed E-state index contributed by atoms with van der Waals surface area (Å²) in [4.78, 5) is 27.8. The highest BCUT2D eigenvalue weighted by atomic mass is 35.5. The predicted molar refractivity (Wildman–Crippen MR) is 154 cm³/mol. The number of fused-ring (bicyclic) bond motifs is 1. The number of pyridine rings is 2. The van der Waals surface area contributed by atoms with Crippen LogP contribution in [0.2, 0.25) is 0 Å². The molecule has 4 aromatic rings. The largest absolute Gasteiger partial charge is 0.380 e. The molecule has 0 fully saturated rings. The van der Waals surface area contributed by atoms with Crippen LogP contribution in [-0.4, -0.2) is 39.2 Å². The lowest BCUT2D eigenvalue weighted by Crippen LogP contribution is -2.48. The number of ether oxygens (including phenoxy) is 1. The summed E-state index contributed by atoms with van der Waals surface area (Å²) in [6, 6.07) is 12.6. The van der Waals surface area contributed by atoms with E-state index in [0.29, 0.717) is 28.7 Å². The smallest absolute Gasteiger partial charge is 0.273 e. The molecule has 0 amide bonds. The van der Waals surface area contributed by atoms with E-state index in [1.165, 1.54) is 23.0 Å². The van der Waals surface area contributed by atoms with E-state index in [4.69, 9.17) is 16.3 Å². The average molecular weight is 566 g/mol. The molecular formula is C29H28ClN3O5S. The third-order valence-electron chi connectivity index (χ3n) is 7.47. The molecule has 202 valence electrons. The van der Waals surface area contributed by atoms with Gasteiger partial charge in [0.15, 0.2) is 0 Å². The van der Waals surface area contributed by atoms with Crippen LogP contribution >= 0.6 is 11.6 Å². The molecule has 2 atom stereocenters. The number of methoxy groups -OCH3 is 1. The zero-order chi connectivity index (χ0) is 28.1.